The predicted molar refractivity (Wildman–Crippen MR) is 75.0 cm³/mol. The highest BCUT2D eigenvalue weighted by atomic mass is 35.5. The van der Waals surface area contributed by atoms with Crippen molar-refractivity contribution in [2.24, 2.45) is 5.73 Å². The Kier molecular flexibility index (Phi) is 3.97. The van der Waals surface area contributed by atoms with Gasteiger partial charge in [0.05, 0.1) is 0 Å². The topological polar surface area (TPSA) is 26.0 Å². The maximum atomic E-state index is 5.86. The summed E-state index contributed by atoms with van der Waals surface area (Å²) in [6, 6.07) is 16.2. The Bertz CT molecular complexity index is 497. The SMILES string of the molecule is NCC=Cc1ccc(-c2ccc(Cl)cc2)cc1. The highest BCUT2D eigenvalue weighted by molar-refractivity contribution is 6.30. The molecule has 0 heterocycles. The van der Waals surface area contributed by atoms with Crippen LogP contribution in [0.2, 0.25) is 5.02 Å². The van der Waals surface area contributed by atoms with E-state index in [9.17, 15) is 0 Å². The fourth-order valence-corrected chi connectivity index (χ4v) is 1.76. The largest absolute Gasteiger partial charge is 0.327 e. The van der Waals surface area contributed by atoms with E-state index >= 15 is 0 Å². The molecule has 0 aliphatic carbocycles. The Hall–Kier alpha value is -1.57. The van der Waals surface area contributed by atoms with E-state index in [-0.39, 0.29) is 0 Å². The maximum absolute atomic E-state index is 5.86. The molecule has 0 aliphatic rings. The molecule has 0 bridgehead atoms. The molecule has 0 saturated carbocycles. The van der Waals surface area contributed by atoms with Gasteiger partial charge in [0.2, 0.25) is 0 Å². The zero-order valence-corrected chi connectivity index (χ0v) is 10.2. The van der Waals surface area contributed by atoms with Crippen molar-refractivity contribution in [3.63, 3.8) is 0 Å². The quantitative estimate of drug-likeness (QED) is 0.867. The summed E-state index contributed by atoms with van der Waals surface area (Å²) < 4.78 is 0. The van der Waals surface area contributed by atoms with Gasteiger partial charge in [0.1, 0.15) is 0 Å². The molecule has 0 saturated heterocycles. The Labute approximate surface area is 107 Å². The van der Waals surface area contributed by atoms with Crippen LogP contribution in [-0.4, -0.2) is 6.54 Å². The van der Waals surface area contributed by atoms with Crippen molar-refractivity contribution in [2.45, 2.75) is 0 Å². The van der Waals surface area contributed by atoms with Crippen LogP contribution in [0.15, 0.2) is 54.6 Å². The van der Waals surface area contributed by atoms with Crippen LogP contribution in [0.25, 0.3) is 17.2 Å². The molecule has 0 radical (unpaired) electrons. The molecule has 0 aromatic heterocycles. The molecule has 2 rings (SSSR count). The average molecular weight is 244 g/mol. The molecule has 17 heavy (non-hydrogen) atoms. The average Bonchev–Trinajstić information content (AvgIpc) is 2.38. The van der Waals surface area contributed by atoms with E-state index < -0.39 is 0 Å². The lowest BCUT2D eigenvalue weighted by molar-refractivity contribution is 1.26. The van der Waals surface area contributed by atoms with Gasteiger partial charge in [0.15, 0.2) is 0 Å². The lowest BCUT2D eigenvalue weighted by Gasteiger charge is -2.02. The minimum atomic E-state index is 0.568. The molecule has 0 aliphatic heterocycles. The second-order valence-electron chi connectivity index (χ2n) is 3.77. The van der Waals surface area contributed by atoms with Gasteiger partial charge in [-0.1, -0.05) is 60.2 Å². The molecule has 2 N–H and O–H groups in total. The summed E-state index contributed by atoms with van der Waals surface area (Å²) in [6.45, 7) is 0.568. The summed E-state index contributed by atoms with van der Waals surface area (Å²) >= 11 is 5.86. The molecule has 2 heteroatoms. The van der Waals surface area contributed by atoms with Crippen LogP contribution in [0, 0.1) is 0 Å². The summed E-state index contributed by atoms with van der Waals surface area (Å²) in [5, 5.41) is 0.760. The second kappa shape index (κ2) is 5.67. The standard InChI is InChI=1S/C15H14ClN/c16-15-9-7-14(8-10-15)13-5-3-12(4-6-13)2-1-11-17/h1-10H,11,17H2. The number of benzene rings is 2. The third kappa shape index (κ3) is 3.19. The lowest BCUT2D eigenvalue weighted by Crippen LogP contribution is -1.91. The molecule has 0 amide bonds. The van der Waals surface area contributed by atoms with Crippen molar-refractivity contribution in [3.05, 3.63) is 65.2 Å². The van der Waals surface area contributed by atoms with E-state index in [1.54, 1.807) is 0 Å². The number of rotatable bonds is 3. The van der Waals surface area contributed by atoms with Gasteiger partial charge < -0.3 is 5.73 Å². The lowest BCUT2D eigenvalue weighted by atomic mass is 10.0. The summed E-state index contributed by atoms with van der Waals surface area (Å²) in [7, 11) is 0. The van der Waals surface area contributed by atoms with Crippen LogP contribution < -0.4 is 5.73 Å². The predicted octanol–water partition coefficient (Wildman–Crippen LogP) is 3.98. The fourth-order valence-electron chi connectivity index (χ4n) is 1.63. The Morgan fingerprint density at radius 1 is 0.882 bits per heavy atom. The number of hydrogen-bond donors (Lipinski definition) is 1. The smallest absolute Gasteiger partial charge is 0.0406 e. The Morgan fingerprint density at radius 3 is 1.94 bits per heavy atom. The first-order valence-corrected chi connectivity index (χ1v) is 5.90. The fraction of sp³-hybridized carbons (Fsp3) is 0.0667. The van der Waals surface area contributed by atoms with Crippen molar-refractivity contribution in [1.82, 2.24) is 0 Å². The van der Waals surface area contributed by atoms with Crippen LogP contribution in [0.4, 0.5) is 0 Å². The van der Waals surface area contributed by atoms with E-state index in [0.717, 1.165) is 10.6 Å². The van der Waals surface area contributed by atoms with Crippen molar-refractivity contribution in [3.8, 4) is 11.1 Å². The molecule has 0 spiro atoms. The van der Waals surface area contributed by atoms with Crippen molar-refractivity contribution in [2.75, 3.05) is 6.54 Å². The van der Waals surface area contributed by atoms with Gasteiger partial charge in [-0.15, -0.1) is 0 Å². The molecular weight excluding hydrogens is 230 g/mol. The van der Waals surface area contributed by atoms with Crippen molar-refractivity contribution < 1.29 is 0 Å². The Balaban J connectivity index is 2.23. The van der Waals surface area contributed by atoms with Crippen molar-refractivity contribution >= 4 is 17.7 Å². The third-order valence-electron chi connectivity index (χ3n) is 2.53. The van der Waals surface area contributed by atoms with E-state index in [4.69, 9.17) is 17.3 Å². The van der Waals surface area contributed by atoms with Gasteiger partial charge in [-0.25, -0.2) is 0 Å². The molecule has 0 atom stereocenters. The van der Waals surface area contributed by atoms with Gasteiger partial charge in [-0.05, 0) is 28.8 Å². The van der Waals surface area contributed by atoms with Gasteiger partial charge in [0, 0.05) is 11.6 Å². The third-order valence-corrected chi connectivity index (χ3v) is 2.79. The van der Waals surface area contributed by atoms with Gasteiger partial charge in [-0.3, -0.25) is 0 Å². The molecule has 2 aromatic carbocycles. The first-order chi connectivity index (χ1) is 8.29. The minimum absolute atomic E-state index is 0.568. The van der Waals surface area contributed by atoms with Crippen molar-refractivity contribution in [1.29, 1.82) is 0 Å². The minimum Gasteiger partial charge on any atom is -0.327 e. The van der Waals surface area contributed by atoms with E-state index in [2.05, 4.69) is 24.3 Å². The first kappa shape index (κ1) is 11.9. The molecule has 2 aromatic rings. The van der Waals surface area contributed by atoms with Crippen LogP contribution in [0.5, 0.6) is 0 Å². The summed E-state index contributed by atoms with van der Waals surface area (Å²) in [5.74, 6) is 0. The monoisotopic (exact) mass is 243 g/mol. The summed E-state index contributed by atoms with van der Waals surface area (Å²) in [5.41, 5.74) is 8.93. The highest BCUT2D eigenvalue weighted by Crippen LogP contribution is 2.22. The summed E-state index contributed by atoms with van der Waals surface area (Å²) in [6.07, 6.45) is 3.96. The van der Waals surface area contributed by atoms with Crippen LogP contribution >= 0.6 is 11.6 Å². The van der Waals surface area contributed by atoms with Crippen LogP contribution in [-0.2, 0) is 0 Å². The summed E-state index contributed by atoms with van der Waals surface area (Å²) in [4.78, 5) is 0. The van der Waals surface area contributed by atoms with Gasteiger partial charge in [-0.2, -0.15) is 0 Å². The van der Waals surface area contributed by atoms with E-state index in [1.165, 1.54) is 11.1 Å². The van der Waals surface area contributed by atoms with Crippen LogP contribution in [0.3, 0.4) is 0 Å². The number of nitrogens with two attached hydrogens (primary N) is 1. The second-order valence-corrected chi connectivity index (χ2v) is 4.20. The zero-order valence-electron chi connectivity index (χ0n) is 9.44. The van der Waals surface area contributed by atoms with Crippen LogP contribution in [0.1, 0.15) is 5.56 Å². The van der Waals surface area contributed by atoms with E-state index in [1.807, 2.05) is 36.4 Å². The molecular formula is C15H14ClN. The van der Waals surface area contributed by atoms with E-state index in [0.29, 0.717) is 6.54 Å². The molecule has 86 valence electrons. The molecule has 1 nitrogen and oxygen atoms in total. The first-order valence-electron chi connectivity index (χ1n) is 5.52. The molecule has 0 unspecified atom stereocenters. The molecule has 0 fully saturated rings. The zero-order chi connectivity index (χ0) is 12.1. The Morgan fingerprint density at radius 2 is 1.41 bits per heavy atom. The number of hydrogen-bond acceptors (Lipinski definition) is 1. The maximum Gasteiger partial charge on any atom is 0.0406 e. The normalized spacial score (nSPS) is 10.9. The van der Waals surface area contributed by atoms with Gasteiger partial charge in [0.25, 0.3) is 0 Å². The highest BCUT2D eigenvalue weighted by Gasteiger charge is 1.96. The number of halogens is 1. The van der Waals surface area contributed by atoms with Gasteiger partial charge >= 0.3 is 0 Å².